The van der Waals surface area contributed by atoms with Crippen LogP contribution in [0.4, 0.5) is 11.4 Å². The lowest BCUT2D eigenvalue weighted by atomic mass is 10.2. The minimum absolute atomic E-state index is 0.0872. The molecule has 0 aliphatic heterocycles. The Bertz CT molecular complexity index is 1180. The maximum Gasteiger partial charge on any atom is 0.255 e. The van der Waals surface area contributed by atoms with Crippen LogP contribution in [0.25, 0.3) is 10.2 Å². The highest BCUT2D eigenvalue weighted by atomic mass is 32.1. The number of rotatable bonds is 8. The first-order valence-electron chi connectivity index (χ1n) is 10.4. The van der Waals surface area contributed by atoms with Gasteiger partial charge in [-0.1, -0.05) is 12.1 Å². The highest BCUT2D eigenvalue weighted by molar-refractivity contribution is 7.18. The number of thiazole rings is 1. The molecule has 3 aromatic carbocycles. The average molecular weight is 446 g/mol. The largest absolute Gasteiger partial charge is 0.494 e. The van der Waals surface area contributed by atoms with E-state index >= 15 is 0 Å². The second-order valence-corrected chi connectivity index (χ2v) is 8.23. The highest BCUT2D eigenvalue weighted by Gasteiger charge is 2.09. The summed E-state index contributed by atoms with van der Waals surface area (Å²) < 4.78 is 6.53. The van der Waals surface area contributed by atoms with Crippen LogP contribution < -0.4 is 15.4 Å². The predicted molar refractivity (Wildman–Crippen MR) is 129 cm³/mol. The summed E-state index contributed by atoms with van der Waals surface area (Å²) in [6, 6.07) is 22.0. The molecule has 2 amide bonds. The number of fused-ring (bicyclic) bond motifs is 1. The van der Waals surface area contributed by atoms with Crippen LogP contribution in [0.2, 0.25) is 0 Å². The number of nitrogens with one attached hydrogen (secondary N) is 2. The summed E-state index contributed by atoms with van der Waals surface area (Å²) in [4.78, 5) is 29.3. The fourth-order valence-corrected chi connectivity index (χ4v) is 4.15. The molecule has 7 heteroatoms. The van der Waals surface area contributed by atoms with E-state index in [0.29, 0.717) is 36.4 Å². The van der Waals surface area contributed by atoms with E-state index in [4.69, 9.17) is 4.74 Å². The molecule has 32 heavy (non-hydrogen) atoms. The molecule has 4 aromatic rings. The second-order valence-electron chi connectivity index (χ2n) is 7.11. The van der Waals surface area contributed by atoms with E-state index in [9.17, 15) is 9.59 Å². The molecule has 0 fully saturated rings. The van der Waals surface area contributed by atoms with Gasteiger partial charge in [0.05, 0.1) is 21.8 Å². The van der Waals surface area contributed by atoms with Crippen LogP contribution in [0.15, 0.2) is 72.8 Å². The van der Waals surface area contributed by atoms with Crippen molar-refractivity contribution in [3.05, 3.63) is 83.4 Å². The van der Waals surface area contributed by atoms with Crippen LogP contribution in [0, 0.1) is 0 Å². The molecule has 0 saturated heterocycles. The van der Waals surface area contributed by atoms with E-state index in [0.717, 1.165) is 21.0 Å². The van der Waals surface area contributed by atoms with Gasteiger partial charge in [0, 0.05) is 29.8 Å². The smallest absolute Gasteiger partial charge is 0.255 e. The molecule has 0 unspecified atom stereocenters. The lowest BCUT2D eigenvalue weighted by Gasteiger charge is -2.08. The number of nitrogens with zero attached hydrogens (tertiary/aromatic N) is 1. The van der Waals surface area contributed by atoms with Gasteiger partial charge in [-0.05, 0) is 67.6 Å². The third-order valence-corrected chi connectivity index (χ3v) is 5.85. The fourth-order valence-electron chi connectivity index (χ4n) is 3.18. The number of carbonyl (C=O) groups excluding carboxylic acids is 2. The van der Waals surface area contributed by atoms with Gasteiger partial charge < -0.3 is 15.4 Å². The minimum Gasteiger partial charge on any atom is -0.494 e. The SMILES string of the molecule is CCOc1ccc(NC(=O)c2ccc(NC(=O)CCc3nc4ccccc4s3)cc2)cc1. The first-order valence-corrected chi connectivity index (χ1v) is 11.2. The number of benzene rings is 3. The molecule has 0 spiro atoms. The lowest BCUT2D eigenvalue weighted by molar-refractivity contribution is -0.116. The Balaban J connectivity index is 1.28. The third-order valence-electron chi connectivity index (χ3n) is 4.76. The summed E-state index contributed by atoms with van der Waals surface area (Å²) in [5.41, 5.74) is 2.81. The number of hydrogen-bond acceptors (Lipinski definition) is 5. The number of ether oxygens (including phenoxy) is 1. The number of anilines is 2. The van der Waals surface area contributed by atoms with Crippen molar-refractivity contribution >= 4 is 44.7 Å². The van der Waals surface area contributed by atoms with Crippen LogP contribution in [-0.2, 0) is 11.2 Å². The normalized spacial score (nSPS) is 10.7. The van der Waals surface area contributed by atoms with Crippen molar-refractivity contribution in [2.45, 2.75) is 19.8 Å². The van der Waals surface area contributed by atoms with E-state index in [1.165, 1.54) is 0 Å². The van der Waals surface area contributed by atoms with Gasteiger partial charge in [-0.25, -0.2) is 4.98 Å². The molecule has 0 aliphatic carbocycles. The number of aryl methyl sites for hydroxylation is 1. The van der Waals surface area contributed by atoms with Crippen molar-refractivity contribution in [3.63, 3.8) is 0 Å². The molecular weight excluding hydrogens is 422 g/mol. The van der Waals surface area contributed by atoms with Gasteiger partial charge in [-0.15, -0.1) is 11.3 Å². The Labute approximate surface area is 190 Å². The Morgan fingerprint density at radius 3 is 2.31 bits per heavy atom. The number of amides is 2. The summed E-state index contributed by atoms with van der Waals surface area (Å²) in [5.74, 6) is 0.451. The van der Waals surface area contributed by atoms with E-state index in [-0.39, 0.29) is 11.8 Å². The van der Waals surface area contributed by atoms with Gasteiger partial charge in [0.15, 0.2) is 0 Å². The monoisotopic (exact) mass is 445 g/mol. The van der Waals surface area contributed by atoms with E-state index in [1.807, 2.05) is 43.3 Å². The Morgan fingerprint density at radius 1 is 0.906 bits per heavy atom. The first-order chi connectivity index (χ1) is 15.6. The molecule has 0 atom stereocenters. The molecule has 0 saturated carbocycles. The fraction of sp³-hybridized carbons (Fsp3) is 0.160. The average Bonchev–Trinajstić information content (AvgIpc) is 3.23. The molecular formula is C25H23N3O3S. The van der Waals surface area contributed by atoms with Gasteiger partial charge in [0.25, 0.3) is 5.91 Å². The van der Waals surface area contributed by atoms with E-state index < -0.39 is 0 Å². The Morgan fingerprint density at radius 2 is 1.59 bits per heavy atom. The standard InChI is InChI=1S/C25H23N3O3S/c1-2-31-20-13-11-19(12-14-20)27-25(30)17-7-9-18(10-8-17)26-23(29)15-16-24-28-21-5-3-4-6-22(21)32-24/h3-14H,2,15-16H2,1H3,(H,26,29)(H,27,30). The van der Waals surface area contributed by atoms with Gasteiger partial charge >= 0.3 is 0 Å². The molecule has 0 bridgehead atoms. The molecule has 162 valence electrons. The van der Waals surface area contributed by atoms with Crippen LogP contribution in [0.1, 0.15) is 28.7 Å². The number of hydrogen-bond donors (Lipinski definition) is 2. The molecule has 0 radical (unpaired) electrons. The van der Waals surface area contributed by atoms with Crippen LogP contribution in [0.3, 0.4) is 0 Å². The zero-order chi connectivity index (χ0) is 22.3. The molecule has 1 heterocycles. The van der Waals surface area contributed by atoms with Gasteiger partial charge in [0.1, 0.15) is 5.75 Å². The third kappa shape index (κ3) is 5.50. The molecule has 1 aromatic heterocycles. The molecule has 6 nitrogen and oxygen atoms in total. The molecule has 0 aliphatic rings. The van der Waals surface area contributed by atoms with Gasteiger partial charge in [-0.2, -0.15) is 0 Å². The summed E-state index contributed by atoms with van der Waals surface area (Å²) >= 11 is 1.61. The van der Waals surface area contributed by atoms with E-state index in [1.54, 1.807) is 47.7 Å². The minimum atomic E-state index is -0.220. The zero-order valence-electron chi connectivity index (χ0n) is 17.6. The van der Waals surface area contributed by atoms with Gasteiger partial charge in [0.2, 0.25) is 5.91 Å². The van der Waals surface area contributed by atoms with Crippen molar-refractivity contribution < 1.29 is 14.3 Å². The number of aromatic nitrogens is 1. The van der Waals surface area contributed by atoms with Crippen LogP contribution in [0.5, 0.6) is 5.75 Å². The first kappa shape index (κ1) is 21.5. The van der Waals surface area contributed by atoms with Crippen molar-refractivity contribution in [2.75, 3.05) is 17.2 Å². The highest BCUT2D eigenvalue weighted by Crippen LogP contribution is 2.23. The topological polar surface area (TPSA) is 80.3 Å². The number of carbonyl (C=O) groups is 2. The summed E-state index contributed by atoms with van der Waals surface area (Å²) in [6.45, 7) is 2.51. The Kier molecular flexibility index (Phi) is 6.77. The zero-order valence-corrected chi connectivity index (χ0v) is 18.4. The quantitative estimate of drug-likeness (QED) is 0.374. The lowest BCUT2D eigenvalue weighted by Crippen LogP contribution is -2.14. The van der Waals surface area contributed by atoms with Crippen molar-refractivity contribution in [1.82, 2.24) is 4.98 Å². The maximum atomic E-state index is 12.5. The second kappa shape index (κ2) is 10.1. The number of para-hydroxylation sites is 1. The summed E-state index contributed by atoms with van der Waals surface area (Å²) in [5, 5.41) is 6.67. The van der Waals surface area contributed by atoms with Gasteiger partial charge in [-0.3, -0.25) is 9.59 Å². The van der Waals surface area contributed by atoms with Crippen molar-refractivity contribution in [2.24, 2.45) is 0 Å². The van der Waals surface area contributed by atoms with Crippen molar-refractivity contribution in [1.29, 1.82) is 0 Å². The summed E-state index contributed by atoms with van der Waals surface area (Å²) in [7, 11) is 0. The Hall–Kier alpha value is -3.71. The summed E-state index contributed by atoms with van der Waals surface area (Å²) in [6.07, 6.45) is 0.938. The molecule has 4 rings (SSSR count). The maximum absolute atomic E-state index is 12.5. The van der Waals surface area contributed by atoms with E-state index in [2.05, 4.69) is 15.6 Å². The predicted octanol–water partition coefficient (Wildman–Crippen LogP) is 5.52. The molecule has 2 N–H and O–H groups in total. The van der Waals surface area contributed by atoms with Crippen LogP contribution in [-0.4, -0.2) is 23.4 Å². The van der Waals surface area contributed by atoms with Crippen molar-refractivity contribution in [3.8, 4) is 5.75 Å². The van der Waals surface area contributed by atoms with Crippen LogP contribution >= 0.6 is 11.3 Å².